The zero-order valence-corrected chi connectivity index (χ0v) is 7.83. The summed E-state index contributed by atoms with van der Waals surface area (Å²) in [7, 11) is 0. The van der Waals surface area contributed by atoms with Gasteiger partial charge in [0.25, 0.3) is 0 Å². The average molecular weight is 187 g/mol. The van der Waals surface area contributed by atoms with Gasteiger partial charge in [-0.25, -0.2) is 9.59 Å². The predicted molar refractivity (Wildman–Crippen MR) is 45.8 cm³/mol. The second-order valence-corrected chi connectivity index (χ2v) is 3.44. The Kier molecular flexibility index (Phi) is 3.47. The zero-order valence-electron chi connectivity index (χ0n) is 7.83. The number of ether oxygens (including phenoxy) is 1. The highest BCUT2D eigenvalue weighted by Crippen LogP contribution is 2.07. The molecule has 0 rings (SSSR count). The second-order valence-electron chi connectivity index (χ2n) is 3.44. The van der Waals surface area contributed by atoms with Crippen molar-refractivity contribution in [2.45, 2.75) is 26.4 Å². The molecule has 13 heavy (non-hydrogen) atoms. The average Bonchev–Trinajstić information content (AvgIpc) is 1.81. The highest BCUT2D eigenvalue weighted by Gasteiger charge is 2.15. The summed E-state index contributed by atoms with van der Waals surface area (Å²) in [5.41, 5.74) is 3.82. The fourth-order valence-electron chi connectivity index (χ4n) is 0.520. The number of hydrogen-bond donors (Lipinski definition) is 2. The standard InChI is InChI=1S/C8H13NO4/c1-8(2,3)13-6(10)4-5(9)7(11)12/h4H,9H2,1-3H3,(H,11,12). The molecule has 0 aliphatic heterocycles. The van der Waals surface area contributed by atoms with E-state index >= 15 is 0 Å². The van der Waals surface area contributed by atoms with Gasteiger partial charge in [-0.15, -0.1) is 0 Å². The van der Waals surface area contributed by atoms with E-state index in [0.717, 1.165) is 6.08 Å². The monoisotopic (exact) mass is 187 g/mol. The lowest BCUT2D eigenvalue weighted by molar-refractivity contribution is -0.149. The molecule has 0 bridgehead atoms. The minimum atomic E-state index is -1.34. The van der Waals surface area contributed by atoms with Crippen LogP contribution in [0.1, 0.15) is 20.8 Å². The molecule has 5 nitrogen and oxygen atoms in total. The Hall–Kier alpha value is -1.52. The first-order valence-corrected chi connectivity index (χ1v) is 3.66. The van der Waals surface area contributed by atoms with Crippen molar-refractivity contribution in [2.24, 2.45) is 5.73 Å². The number of carboxylic acid groups (broad SMARTS) is 1. The highest BCUT2D eigenvalue weighted by molar-refractivity contribution is 5.94. The summed E-state index contributed by atoms with van der Waals surface area (Å²) in [4.78, 5) is 21.1. The van der Waals surface area contributed by atoms with Crippen LogP contribution in [0.3, 0.4) is 0 Å². The zero-order chi connectivity index (χ0) is 10.6. The Morgan fingerprint density at radius 2 is 1.85 bits per heavy atom. The molecule has 0 fully saturated rings. The number of carboxylic acids is 1. The third kappa shape index (κ3) is 5.72. The first kappa shape index (κ1) is 11.5. The fourth-order valence-corrected chi connectivity index (χ4v) is 0.520. The minimum absolute atomic E-state index is 0.533. The molecular weight excluding hydrogens is 174 g/mol. The van der Waals surface area contributed by atoms with Gasteiger partial charge in [-0.2, -0.15) is 0 Å². The third-order valence-corrected chi connectivity index (χ3v) is 0.927. The molecular formula is C8H13NO4. The number of carbonyl (C=O) groups excluding carboxylic acids is 1. The van der Waals surface area contributed by atoms with E-state index in [9.17, 15) is 9.59 Å². The molecule has 0 spiro atoms. The van der Waals surface area contributed by atoms with Crippen molar-refractivity contribution in [2.75, 3.05) is 0 Å². The van der Waals surface area contributed by atoms with E-state index in [1.54, 1.807) is 20.8 Å². The molecule has 0 aliphatic carbocycles. The summed E-state index contributed by atoms with van der Waals surface area (Å²) in [6, 6.07) is 0. The SMILES string of the molecule is CC(C)(C)OC(=O)C=C(N)C(=O)O. The first-order valence-electron chi connectivity index (χ1n) is 3.66. The van der Waals surface area contributed by atoms with E-state index in [1.807, 2.05) is 0 Å². The van der Waals surface area contributed by atoms with Crippen LogP contribution in [0.2, 0.25) is 0 Å². The van der Waals surface area contributed by atoms with Crippen LogP contribution in [-0.4, -0.2) is 22.6 Å². The first-order chi connectivity index (χ1) is 5.72. The van der Waals surface area contributed by atoms with Crippen LogP contribution in [0, 0.1) is 0 Å². The number of carbonyl (C=O) groups is 2. The molecule has 0 saturated heterocycles. The number of aliphatic carboxylic acids is 1. The highest BCUT2D eigenvalue weighted by atomic mass is 16.6. The van der Waals surface area contributed by atoms with Gasteiger partial charge in [-0.3, -0.25) is 0 Å². The largest absolute Gasteiger partial charge is 0.477 e. The molecule has 0 aromatic heterocycles. The van der Waals surface area contributed by atoms with E-state index < -0.39 is 23.2 Å². The molecule has 0 amide bonds. The normalized spacial score (nSPS) is 12.4. The lowest BCUT2D eigenvalue weighted by Gasteiger charge is -2.17. The number of rotatable bonds is 2. The van der Waals surface area contributed by atoms with E-state index in [2.05, 4.69) is 0 Å². The van der Waals surface area contributed by atoms with Crippen LogP contribution >= 0.6 is 0 Å². The van der Waals surface area contributed by atoms with Crippen molar-refractivity contribution in [3.63, 3.8) is 0 Å². The van der Waals surface area contributed by atoms with Gasteiger partial charge in [-0.05, 0) is 20.8 Å². The predicted octanol–water partition coefficient (Wildman–Crippen LogP) is 0.255. The Balaban J connectivity index is 4.32. The van der Waals surface area contributed by atoms with Crippen molar-refractivity contribution >= 4 is 11.9 Å². The topological polar surface area (TPSA) is 89.6 Å². The van der Waals surface area contributed by atoms with Gasteiger partial charge in [0.15, 0.2) is 0 Å². The summed E-state index contributed by atoms with van der Waals surface area (Å²) < 4.78 is 4.80. The van der Waals surface area contributed by atoms with E-state index in [0.29, 0.717) is 0 Å². The molecule has 0 heterocycles. The summed E-state index contributed by atoms with van der Waals surface area (Å²) in [6.45, 7) is 5.03. The van der Waals surface area contributed by atoms with Gasteiger partial charge in [0.1, 0.15) is 11.3 Å². The molecule has 0 aromatic carbocycles. The van der Waals surface area contributed by atoms with Gasteiger partial charge in [-0.1, -0.05) is 0 Å². The maximum absolute atomic E-state index is 10.9. The molecule has 0 radical (unpaired) electrons. The Morgan fingerprint density at radius 1 is 1.38 bits per heavy atom. The van der Waals surface area contributed by atoms with Crippen LogP contribution in [0.4, 0.5) is 0 Å². The van der Waals surface area contributed by atoms with Crippen molar-refractivity contribution in [3.8, 4) is 0 Å². The molecule has 0 aromatic rings. The van der Waals surface area contributed by atoms with E-state index in [4.69, 9.17) is 15.6 Å². The smallest absolute Gasteiger partial charge is 0.352 e. The molecule has 0 aliphatic rings. The van der Waals surface area contributed by atoms with Gasteiger partial charge in [0.05, 0.1) is 6.08 Å². The van der Waals surface area contributed by atoms with Crippen molar-refractivity contribution in [3.05, 3.63) is 11.8 Å². The number of hydrogen-bond acceptors (Lipinski definition) is 4. The number of esters is 1. The lowest BCUT2D eigenvalue weighted by Crippen LogP contribution is -2.24. The maximum atomic E-state index is 10.9. The lowest BCUT2D eigenvalue weighted by atomic mass is 10.2. The summed E-state index contributed by atoms with van der Waals surface area (Å²) in [5, 5.41) is 8.33. The van der Waals surface area contributed by atoms with E-state index in [1.165, 1.54) is 0 Å². The van der Waals surface area contributed by atoms with Crippen molar-refractivity contribution in [1.29, 1.82) is 0 Å². The van der Waals surface area contributed by atoms with Crippen LogP contribution in [0.25, 0.3) is 0 Å². The Morgan fingerprint density at radius 3 is 2.15 bits per heavy atom. The van der Waals surface area contributed by atoms with E-state index in [-0.39, 0.29) is 0 Å². The summed E-state index contributed by atoms with van der Waals surface area (Å²) in [6.07, 6.45) is 0.744. The quantitative estimate of drug-likeness (QED) is 0.478. The molecule has 74 valence electrons. The van der Waals surface area contributed by atoms with Crippen molar-refractivity contribution < 1.29 is 19.4 Å². The summed E-state index contributed by atoms with van der Waals surface area (Å²) in [5.74, 6) is -2.10. The molecule has 0 unspecified atom stereocenters. The summed E-state index contributed by atoms with van der Waals surface area (Å²) >= 11 is 0. The molecule has 0 atom stereocenters. The number of nitrogens with two attached hydrogens (primary N) is 1. The Labute approximate surface area is 76.2 Å². The minimum Gasteiger partial charge on any atom is -0.477 e. The maximum Gasteiger partial charge on any atom is 0.352 e. The molecule has 0 saturated carbocycles. The van der Waals surface area contributed by atoms with Crippen LogP contribution in [0.5, 0.6) is 0 Å². The molecule has 5 heteroatoms. The van der Waals surface area contributed by atoms with Gasteiger partial charge >= 0.3 is 11.9 Å². The van der Waals surface area contributed by atoms with Crippen LogP contribution in [-0.2, 0) is 14.3 Å². The second kappa shape index (κ2) is 3.93. The Bertz CT molecular complexity index is 249. The fraction of sp³-hybridized carbons (Fsp3) is 0.500. The van der Waals surface area contributed by atoms with Crippen molar-refractivity contribution in [1.82, 2.24) is 0 Å². The third-order valence-electron chi connectivity index (χ3n) is 0.927. The molecule has 3 N–H and O–H groups in total. The van der Waals surface area contributed by atoms with Crippen LogP contribution < -0.4 is 5.73 Å². The van der Waals surface area contributed by atoms with Gasteiger partial charge in [0, 0.05) is 0 Å². The van der Waals surface area contributed by atoms with Gasteiger partial charge < -0.3 is 15.6 Å². The van der Waals surface area contributed by atoms with Gasteiger partial charge in [0.2, 0.25) is 0 Å². The van der Waals surface area contributed by atoms with Crippen LogP contribution in [0.15, 0.2) is 11.8 Å².